The number of hydrogen-bond acceptors (Lipinski definition) is 5. The third kappa shape index (κ3) is 3.58. The molecule has 27 heavy (non-hydrogen) atoms. The van der Waals surface area contributed by atoms with Crippen molar-refractivity contribution in [3.8, 4) is 0 Å². The number of nitrogens with one attached hydrogen (secondary N) is 1. The number of anilines is 1. The molecule has 1 saturated heterocycles. The molecule has 1 fully saturated rings. The summed E-state index contributed by atoms with van der Waals surface area (Å²) in [5.41, 5.74) is 8.74. The van der Waals surface area contributed by atoms with Crippen molar-refractivity contribution in [1.29, 1.82) is 0 Å². The Kier molecular flexibility index (Phi) is 4.80. The van der Waals surface area contributed by atoms with E-state index in [1.807, 2.05) is 65.4 Å². The number of nitrogen functional groups attached to an aromatic ring is 1. The van der Waals surface area contributed by atoms with Crippen LogP contribution in [0.2, 0.25) is 0 Å². The van der Waals surface area contributed by atoms with E-state index in [1.54, 1.807) is 9.58 Å². The molecule has 0 radical (unpaired) electrons. The summed E-state index contributed by atoms with van der Waals surface area (Å²) in [5, 5.41) is 8.10. The summed E-state index contributed by atoms with van der Waals surface area (Å²) < 4.78 is 9.46. The number of amides is 1. The van der Waals surface area contributed by atoms with Gasteiger partial charge in [-0.2, -0.15) is 5.10 Å². The van der Waals surface area contributed by atoms with Crippen molar-refractivity contribution in [2.45, 2.75) is 65.4 Å². The van der Waals surface area contributed by atoms with Crippen LogP contribution in [0.3, 0.4) is 0 Å². The van der Waals surface area contributed by atoms with Gasteiger partial charge in [-0.1, -0.05) is 0 Å². The van der Waals surface area contributed by atoms with E-state index < -0.39 is 5.60 Å². The van der Waals surface area contributed by atoms with Crippen molar-refractivity contribution in [2.75, 3.05) is 12.3 Å². The highest BCUT2D eigenvalue weighted by molar-refractivity contribution is 5.75. The second-order valence-corrected chi connectivity index (χ2v) is 8.49. The maximum atomic E-state index is 12.8. The summed E-state index contributed by atoms with van der Waals surface area (Å²) in [6, 6.07) is 1.80. The summed E-state index contributed by atoms with van der Waals surface area (Å²) >= 11 is 0. The minimum Gasteiger partial charge on any atom is -0.444 e. The molecule has 1 aliphatic heterocycles. The van der Waals surface area contributed by atoms with Gasteiger partial charge in [-0.05, 0) is 47.1 Å². The van der Waals surface area contributed by atoms with Crippen molar-refractivity contribution in [3.63, 3.8) is 0 Å². The molecule has 2 aromatic rings. The first-order valence-electron chi connectivity index (χ1n) is 9.38. The van der Waals surface area contributed by atoms with E-state index in [0.29, 0.717) is 12.4 Å². The Morgan fingerprint density at radius 1 is 1.41 bits per heavy atom. The van der Waals surface area contributed by atoms with E-state index in [-0.39, 0.29) is 24.3 Å². The number of fused-ring (bicyclic) bond motifs is 1. The molecule has 0 aromatic carbocycles. The van der Waals surface area contributed by atoms with Gasteiger partial charge in [0.1, 0.15) is 11.1 Å². The highest BCUT2D eigenvalue weighted by atomic mass is 16.6. The number of nitrogens with zero attached hydrogens (tertiary/aromatic N) is 4. The van der Waals surface area contributed by atoms with Gasteiger partial charge >= 0.3 is 6.09 Å². The van der Waals surface area contributed by atoms with Gasteiger partial charge in [-0.3, -0.25) is 20.6 Å². The summed E-state index contributed by atoms with van der Waals surface area (Å²) in [7, 11) is 1.90. The SMILES string of the molecule is Cc1cc(N)[n+](C2NC[C@H](C)N(C(=O)OC(C)(C)C)[C@H]2C)c2cn(C)nc12. The number of rotatable bonds is 1. The number of nitrogens with two attached hydrogens (primary N) is 1. The Bertz CT molecular complexity index is 869. The van der Waals surface area contributed by atoms with Crippen LogP contribution in [0.25, 0.3) is 11.0 Å². The van der Waals surface area contributed by atoms with E-state index in [1.165, 1.54) is 0 Å². The lowest BCUT2D eigenvalue weighted by Gasteiger charge is -2.43. The van der Waals surface area contributed by atoms with Gasteiger partial charge in [0.2, 0.25) is 0 Å². The first-order valence-corrected chi connectivity index (χ1v) is 9.38. The van der Waals surface area contributed by atoms with Crippen molar-refractivity contribution >= 4 is 22.9 Å². The van der Waals surface area contributed by atoms with E-state index >= 15 is 0 Å². The maximum Gasteiger partial charge on any atom is 0.411 e. The van der Waals surface area contributed by atoms with E-state index in [2.05, 4.69) is 10.4 Å². The van der Waals surface area contributed by atoms with Crippen LogP contribution >= 0.6 is 0 Å². The van der Waals surface area contributed by atoms with Crippen molar-refractivity contribution in [2.24, 2.45) is 7.05 Å². The highest BCUT2D eigenvalue weighted by Crippen LogP contribution is 2.25. The van der Waals surface area contributed by atoms with Crippen LogP contribution in [0.4, 0.5) is 10.6 Å². The third-order valence-corrected chi connectivity index (χ3v) is 4.96. The van der Waals surface area contributed by atoms with Crippen molar-refractivity contribution in [3.05, 3.63) is 17.8 Å². The Balaban J connectivity index is 2.03. The quantitative estimate of drug-likeness (QED) is 0.743. The van der Waals surface area contributed by atoms with Gasteiger partial charge in [0, 0.05) is 25.7 Å². The zero-order valence-corrected chi connectivity index (χ0v) is 17.3. The second-order valence-electron chi connectivity index (χ2n) is 8.49. The largest absolute Gasteiger partial charge is 0.444 e. The number of ether oxygens (including phenoxy) is 1. The Hall–Kier alpha value is -2.35. The van der Waals surface area contributed by atoms with Gasteiger partial charge in [0.05, 0.1) is 12.2 Å². The molecule has 1 amide bonds. The highest BCUT2D eigenvalue weighted by Gasteiger charge is 2.41. The van der Waals surface area contributed by atoms with Crippen LogP contribution in [-0.4, -0.2) is 45.0 Å². The average molecular weight is 375 g/mol. The van der Waals surface area contributed by atoms with Crippen LogP contribution < -0.4 is 15.6 Å². The number of piperazine rings is 1. The van der Waals surface area contributed by atoms with Crippen LogP contribution in [0.15, 0.2) is 12.3 Å². The van der Waals surface area contributed by atoms with Gasteiger partial charge in [-0.15, -0.1) is 0 Å². The molecule has 2 aromatic heterocycles. The minimum absolute atomic E-state index is 0.0164. The van der Waals surface area contributed by atoms with Crippen LogP contribution in [0.1, 0.15) is 46.3 Å². The first-order chi connectivity index (χ1) is 12.5. The monoisotopic (exact) mass is 375 g/mol. The Morgan fingerprint density at radius 3 is 2.70 bits per heavy atom. The molecule has 0 aliphatic carbocycles. The van der Waals surface area contributed by atoms with Crippen LogP contribution in [0.5, 0.6) is 0 Å². The molecular weight excluding hydrogens is 344 g/mol. The smallest absolute Gasteiger partial charge is 0.411 e. The minimum atomic E-state index is -0.538. The molecule has 1 aliphatic rings. The molecule has 0 spiro atoms. The van der Waals surface area contributed by atoms with Gasteiger partial charge < -0.3 is 4.74 Å². The fourth-order valence-corrected chi connectivity index (χ4v) is 3.82. The summed E-state index contributed by atoms with van der Waals surface area (Å²) in [6.45, 7) is 12.3. The van der Waals surface area contributed by atoms with Crippen LogP contribution in [0, 0.1) is 6.92 Å². The molecule has 8 nitrogen and oxygen atoms in total. The second kappa shape index (κ2) is 6.67. The summed E-state index contributed by atoms with van der Waals surface area (Å²) in [6.07, 6.45) is 1.48. The van der Waals surface area contributed by atoms with Crippen molar-refractivity contribution < 1.29 is 14.1 Å². The predicted octanol–water partition coefficient (Wildman–Crippen LogP) is 1.87. The topological polar surface area (TPSA) is 89.3 Å². The predicted molar refractivity (Wildman–Crippen MR) is 104 cm³/mol. The third-order valence-electron chi connectivity index (χ3n) is 4.96. The van der Waals surface area contributed by atoms with Gasteiger partial charge in [0.25, 0.3) is 5.82 Å². The number of aryl methyl sites for hydroxylation is 2. The molecule has 3 N–H and O–H groups in total. The average Bonchev–Trinajstić information content (AvgIpc) is 2.89. The standard InChI is InChI=1S/C19H30N6O2/c1-11-8-15(20)25(14-10-23(7)22-16(11)14)17-13(3)24(12(2)9-21-17)18(26)27-19(4,5)6/h8,10,12-13,17,20-21H,9H2,1-7H3/p+1/t12-,13-,17?/m0/s1. The zero-order chi connectivity index (χ0) is 20.1. The lowest BCUT2D eigenvalue weighted by Crippen LogP contribution is -2.67. The van der Waals surface area contributed by atoms with E-state index in [4.69, 9.17) is 10.5 Å². The number of pyridine rings is 1. The first kappa shape index (κ1) is 19.4. The molecular formula is C19H31N6O2+. The number of hydrogen-bond donors (Lipinski definition) is 2. The van der Waals surface area contributed by atoms with Gasteiger partial charge in [-0.25, -0.2) is 9.36 Å². The van der Waals surface area contributed by atoms with Crippen LogP contribution in [-0.2, 0) is 11.8 Å². The number of carbonyl (C=O) groups is 1. The molecule has 0 saturated carbocycles. The maximum absolute atomic E-state index is 12.8. The normalized spacial score (nSPS) is 23.7. The molecule has 148 valence electrons. The molecule has 3 rings (SSSR count). The number of aromatic nitrogens is 3. The zero-order valence-electron chi connectivity index (χ0n) is 17.3. The molecule has 0 bridgehead atoms. The Labute approximate surface area is 160 Å². The fraction of sp³-hybridized carbons (Fsp3) is 0.632. The number of carbonyl (C=O) groups excluding carboxylic acids is 1. The lowest BCUT2D eigenvalue weighted by molar-refractivity contribution is -0.697. The van der Waals surface area contributed by atoms with Gasteiger partial charge in [0.15, 0.2) is 11.7 Å². The summed E-state index contributed by atoms with van der Waals surface area (Å²) in [5.74, 6) is 0.635. The van der Waals surface area contributed by atoms with E-state index in [0.717, 1.165) is 16.6 Å². The lowest BCUT2D eigenvalue weighted by atomic mass is 10.1. The van der Waals surface area contributed by atoms with Crippen molar-refractivity contribution in [1.82, 2.24) is 20.0 Å². The summed E-state index contributed by atoms with van der Waals surface area (Å²) in [4.78, 5) is 14.6. The molecule has 3 heterocycles. The molecule has 1 unspecified atom stereocenters. The molecule has 3 atom stereocenters. The fourth-order valence-electron chi connectivity index (χ4n) is 3.82. The molecule has 8 heteroatoms. The Morgan fingerprint density at radius 2 is 2.07 bits per heavy atom. The van der Waals surface area contributed by atoms with E-state index in [9.17, 15) is 4.79 Å².